The molecule has 4 aliphatic carbocycles. The van der Waals surface area contributed by atoms with E-state index >= 15 is 0 Å². The number of fused-ring (bicyclic) bond motifs is 5. The Morgan fingerprint density at radius 3 is 2.57 bits per heavy atom. The van der Waals surface area contributed by atoms with Crippen LogP contribution < -0.4 is 4.87 Å². The smallest absolute Gasteiger partial charge is 0.351 e. The highest BCUT2D eigenvalue weighted by Crippen LogP contribution is 2.72. The lowest BCUT2D eigenvalue weighted by Crippen LogP contribution is -2.68. The van der Waals surface area contributed by atoms with Gasteiger partial charge in [0.2, 0.25) is 0 Å². The molecule has 2 saturated carbocycles. The standard InChI is InChI=1S/C28H35NO7S/c1-12-10-27-13(2)8-17-18(25(17,4)5)16(20(27)30)9-15-11-34-26(6,7)36-22(15)28(27,33)21(12)35-23(31)19-14(3)29-24(32)37-19/h9-10,13,16-18,21-22,33H,8,11H2,1-7H3,(H,29,32)/t13?,16-,17+,18+,21-,22+,27?,28+/m0/s1. The fraction of sp³-hybridized carbons (Fsp3) is 0.679. The third-order valence-corrected chi connectivity index (χ3v) is 10.9. The molecule has 2 heterocycles. The van der Waals surface area contributed by atoms with Gasteiger partial charge in [-0.3, -0.25) is 9.59 Å². The van der Waals surface area contributed by atoms with Crippen LogP contribution in [0.1, 0.15) is 63.3 Å². The first-order chi connectivity index (χ1) is 17.1. The van der Waals surface area contributed by atoms with Gasteiger partial charge in [-0.05, 0) is 68.4 Å². The minimum Gasteiger partial charge on any atom is -0.450 e. The van der Waals surface area contributed by atoms with Crippen LogP contribution in [-0.2, 0) is 19.0 Å². The topological polar surface area (TPSA) is 115 Å². The van der Waals surface area contributed by atoms with Crippen LogP contribution in [0.25, 0.3) is 0 Å². The second-order valence-corrected chi connectivity index (χ2v) is 13.7. The maximum absolute atomic E-state index is 14.7. The molecule has 5 aliphatic rings. The van der Waals surface area contributed by atoms with Crippen molar-refractivity contribution in [1.29, 1.82) is 0 Å². The number of Topliss-reactive ketones (excluding diaryl/α,β-unsaturated/α-hetero) is 1. The lowest BCUT2D eigenvalue weighted by molar-refractivity contribution is -0.302. The van der Waals surface area contributed by atoms with E-state index in [4.69, 9.17) is 14.2 Å². The fourth-order valence-corrected chi connectivity index (χ4v) is 8.78. The zero-order valence-electron chi connectivity index (χ0n) is 22.3. The Bertz CT molecular complexity index is 1330. The summed E-state index contributed by atoms with van der Waals surface area (Å²) < 4.78 is 18.5. The van der Waals surface area contributed by atoms with E-state index in [1.807, 2.05) is 19.1 Å². The molecule has 3 fully saturated rings. The number of hydrogen-bond donors (Lipinski definition) is 2. The summed E-state index contributed by atoms with van der Waals surface area (Å²) >= 11 is 0.772. The predicted octanol–water partition coefficient (Wildman–Crippen LogP) is 3.54. The number of ketones is 1. The lowest BCUT2D eigenvalue weighted by Gasteiger charge is -2.52. The highest BCUT2D eigenvalue weighted by molar-refractivity contribution is 7.11. The Labute approximate surface area is 220 Å². The molecule has 9 heteroatoms. The molecule has 0 amide bonds. The van der Waals surface area contributed by atoms with Crippen LogP contribution in [0.2, 0.25) is 0 Å². The van der Waals surface area contributed by atoms with Crippen molar-refractivity contribution in [2.45, 2.75) is 78.5 Å². The van der Waals surface area contributed by atoms with E-state index in [9.17, 15) is 19.5 Å². The minimum absolute atomic E-state index is 0.0212. The summed E-state index contributed by atoms with van der Waals surface area (Å²) in [6.45, 7) is 13.7. The summed E-state index contributed by atoms with van der Waals surface area (Å²) in [4.78, 5) is 42.3. The first-order valence-corrected chi connectivity index (χ1v) is 13.9. The Morgan fingerprint density at radius 2 is 1.92 bits per heavy atom. The van der Waals surface area contributed by atoms with Crippen LogP contribution >= 0.6 is 11.3 Å². The monoisotopic (exact) mass is 529 g/mol. The molecule has 0 radical (unpaired) electrons. The molecule has 8 nitrogen and oxygen atoms in total. The van der Waals surface area contributed by atoms with Gasteiger partial charge in [-0.15, -0.1) is 0 Å². The molecular weight excluding hydrogens is 494 g/mol. The number of aryl methyl sites for hydroxylation is 1. The molecule has 1 aliphatic heterocycles. The van der Waals surface area contributed by atoms with Gasteiger partial charge in [-0.2, -0.15) is 0 Å². The summed E-state index contributed by atoms with van der Waals surface area (Å²) in [5, 5.41) is 13.0. The van der Waals surface area contributed by atoms with E-state index in [-0.39, 0.29) is 45.3 Å². The molecule has 1 spiro atoms. The Morgan fingerprint density at radius 1 is 1.22 bits per heavy atom. The first kappa shape index (κ1) is 25.2. The van der Waals surface area contributed by atoms with Gasteiger partial charge in [-0.25, -0.2) is 4.79 Å². The number of allylic oxidation sites excluding steroid dienone is 1. The zero-order valence-corrected chi connectivity index (χ0v) is 23.2. The Kier molecular flexibility index (Phi) is 5.13. The van der Waals surface area contributed by atoms with Crippen molar-refractivity contribution in [3.05, 3.63) is 43.5 Å². The predicted molar refractivity (Wildman–Crippen MR) is 136 cm³/mol. The van der Waals surface area contributed by atoms with Gasteiger partial charge >= 0.3 is 10.8 Å². The van der Waals surface area contributed by atoms with Crippen LogP contribution in [0.15, 0.2) is 28.1 Å². The number of nitrogens with one attached hydrogen (secondary N) is 1. The molecule has 0 aromatic carbocycles. The normalized spacial score (nSPS) is 42.9. The summed E-state index contributed by atoms with van der Waals surface area (Å²) in [6, 6.07) is 0. The first-order valence-electron chi connectivity index (χ1n) is 13.0. The molecule has 2 bridgehead atoms. The average molecular weight is 530 g/mol. The quantitative estimate of drug-likeness (QED) is 0.445. The number of carbonyl (C=O) groups excluding carboxylic acids is 2. The summed E-state index contributed by atoms with van der Waals surface area (Å²) in [6.07, 6.45) is 2.57. The fourth-order valence-electron chi connectivity index (χ4n) is 8.06. The molecule has 200 valence electrons. The van der Waals surface area contributed by atoms with Crippen LogP contribution in [0.5, 0.6) is 0 Å². The van der Waals surface area contributed by atoms with Gasteiger partial charge < -0.3 is 24.3 Å². The van der Waals surface area contributed by atoms with Crippen molar-refractivity contribution in [3.8, 4) is 0 Å². The van der Waals surface area contributed by atoms with Crippen molar-refractivity contribution < 1.29 is 28.9 Å². The highest BCUT2D eigenvalue weighted by Gasteiger charge is 2.77. The van der Waals surface area contributed by atoms with E-state index in [1.165, 1.54) is 0 Å². The molecule has 1 aromatic rings. The molecule has 6 rings (SSSR count). The zero-order chi connectivity index (χ0) is 26.9. The van der Waals surface area contributed by atoms with E-state index in [0.717, 1.165) is 17.8 Å². The summed E-state index contributed by atoms with van der Waals surface area (Å²) in [7, 11) is 0. The largest absolute Gasteiger partial charge is 0.450 e. The van der Waals surface area contributed by atoms with Gasteiger partial charge in [0.25, 0.3) is 0 Å². The van der Waals surface area contributed by atoms with Gasteiger partial charge in [-0.1, -0.05) is 44.3 Å². The van der Waals surface area contributed by atoms with Gasteiger partial charge in [0.1, 0.15) is 11.0 Å². The molecule has 2 unspecified atom stereocenters. The second kappa shape index (κ2) is 7.52. The van der Waals surface area contributed by atoms with Crippen molar-refractivity contribution in [1.82, 2.24) is 4.98 Å². The lowest BCUT2D eigenvalue weighted by atomic mass is 9.59. The number of thiazole rings is 1. The SMILES string of the molecule is CC1=CC23C(=O)[C@@H](C=C4COC(C)(C)O[C@H]4[C@]2(O)[C@H]1OC(=O)c1sc(=O)[nH]c1C)[C@@H]1[C@@H](CC3C)C1(C)C. The van der Waals surface area contributed by atoms with E-state index < -0.39 is 35.0 Å². The molecule has 1 aromatic heterocycles. The van der Waals surface area contributed by atoms with E-state index in [0.29, 0.717) is 22.8 Å². The number of aromatic nitrogens is 1. The minimum atomic E-state index is -1.87. The number of aromatic amines is 1. The summed E-state index contributed by atoms with van der Waals surface area (Å²) in [5.74, 6) is -1.84. The Balaban J connectivity index is 1.53. The van der Waals surface area contributed by atoms with Crippen molar-refractivity contribution in [2.75, 3.05) is 6.61 Å². The number of esters is 1. The van der Waals surface area contributed by atoms with Crippen LogP contribution in [0, 0.1) is 41.4 Å². The number of H-pyrrole nitrogens is 1. The van der Waals surface area contributed by atoms with Crippen molar-refractivity contribution in [2.24, 2.45) is 34.5 Å². The van der Waals surface area contributed by atoms with E-state index in [1.54, 1.807) is 27.7 Å². The van der Waals surface area contributed by atoms with Gasteiger partial charge in [0, 0.05) is 11.6 Å². The number of ether oxygens (including phenoxy) is 3. The Hall–Kier alpha value is -2.07. The molecule has 8 atom stereocenters. The van der Waals surface area contributed by atoms with Crippen LogP contribution in [0.4, 0.5) is 0 Å². The maximum Gasteiger partial charge on any atom is 0.351 e. The molecule has 2 N–H and O–H groups in total. The number of aliphatic hydroxyl groups is 1. The van der Waals surface area contributed by atoms with Crippen LogP contribution in [-0.4, -0.2) is 52.0 Å². The highest BCUT2D eigenvalue weighted by atomic mass is 32.1. The average Bonchev–Trinajstić information content (AvgIpc) is 3.08. The maximum atomic E-state index is 14.7. The number of carbonyl (C=O) groups is 2. The van der Waals surface area contributed by atoms with Crippen molar-refractivity contribution in [3.63, 3.8) is 0 Å². The third-order valence-electron chi connectivity index (χ3n) is 9.91. The van der Waals surface area contributed by atoms with E-state index in [2.05, 4.69) is 18.8 Å². The van der Waals surface area contributed by atoms with Gasteiger partial charge in [0.05, 0.1) is 12.0 Å². The van der Waals surface area contributed by atoms with Crippen LogP contribution in [0.3, 0.4) is 0 Å². The van der Waals surface area contributed by atoms with Crippen molar-refractivity contribution >= 4 is 23.1 Å². The molecule has 37 heavy (non-hydrogen) atoms. The van der Waals surface area contributed by atoms with Gasteiger partial charge in [0.15, 0.2) is 23.3 Å². The second-order valence-electron chi connectivity index (χ2n) is 12.7. The number of rotatable bonds is 2. The molecular formula is C28H35NO7S. The third kappa shape index (κ3) is 3.14. The molecule has 1 saturated heterocycles. The summed E-state index contributed by atoms with van der Waals surface area (Å²) in [5.41, 5.74) is -1.42. The number of hydrogen-bond acceptors (Lipinski definition) is 8.